The number of fused-ring (bicyclic) bond motifs is 1. The summed E-state index contributed by atoms with van der Waals surface area (Å²) in [6.07, 6.45) is 0.270. The average molecular weight is 394 g/mol. The van der Waals surface area contributed by atoms with Gasteiger partial charge in [0.1, 0.15) is 0 Å². The minimum atomic E-state index is -0.364. The Labute approximate surface area is 169 Å². The Morgan fingerprint density at radius 3 is 2.50 bits per heavy atom. The van der Waals surface area contributed by atoms with Gasteiger partial charge in [-0.3, -0.25) is 9.59 Å². The van der Waals surface area contributed by atoms with E-state index >= 15 is 0 Å². The SMILES string of the molecule is C[C@@H](NC(=O)COC(=O)CCSc1ccccc1)c1cccc2ccccc12. The minimum absolute atomic E-state index is 0.175. The number of hydrogen-bond acceptors (Lipinski definition) is 4. The summed E-state index contributed by atoms with van der Waals surface area (Å²) >= 11 is 1.59. The van der Waals surface area contributed by atoms with Crippen LogP contribution in [0.3, 0.4) is 0 Å². The highest BCUT2D eigenvalue weighted by Crippen LogP contribution is 2.24. The first-order chi connectivity index (χ1) is 13.6. The number of benzene rings is 3. The van der Waals surface area contributed by atoms with Crippen molar-refractivity contribution in [2.75, 3.05) is 12.4 Å². The van der Waals surface area contributed by atoms with E-state index in [2.05, 4.69) is 5.32 Å². The molecule has 0 spiro atoms. The smallest absolute Gasteiger partial charge is 0.307 e. The number of ether oxygens (including phenoxy) is 1. The maximum absolute atomic E-state index is 12.2. The van der Waals surface area contributed by atoms with Crippen molar-refractivity contribution in [2.24, 2.45) is 0 Å². The first-order valence-electron chi connectivity index (χ1n) is 9.24. The van der Waals surface area contributed by atoms with Crippen molar-refractivity contribution in [3.05, 3.63) is 78.4 Å². The number of carbonyl (C=O) groups excluding carboxylic acids is 2. The summed E-state index contributed by atoms with van der Waals surface area (Å²) < 4.78 is 5.10. The molecule has 28 heavy (non-hydrogen) atoms. The van der Waals surface area contributed by atoms with Crippen LogP contribution < -0.4 is 5.32 Å². The maximum Gasteiger partial charge on any atom is 0.307 e. The molecule has 0 saturated heterocycles. The lowest BCUT2D eigenvalue weighted by atomic mass is 10.00. The summed E-state index contributed by atoms with van der Waals surface area (Å²) in [7, 11) is 0. The first kappa shape index (κ1) is 20.0. The van der Waals surface area contributed by atoms with E-state index in [9.17, 15) is 9.59 Å². The number of esters is 1. The van der Waals surface area contributed by atoms with Crippen LogP contribution in [0.25, 0.3) is 10.8 Å². The highest BCUT2D eigenvalue weighted by Gasteiger charge is 2.14. The molecule has 5 heteroatoms. The highest BCUT2D eigenvalue weighted by atomic mass is 32.2. The summed E-state index contributed by atoms with van der Waals surface area (Å²) in [6.45, 7) is 1.67. The largest absolute Gasteiger partial charge is 0.456 e. The molecular formula is C23H23NO3S. The van der Waals surface area contributed by atoms with Gasteiger partial charge in [0.25, 0.3) is 5.91 Å². The van der Waals surface area contributed by atoms with Gasteiger partial charge >= 0.3 is 5.97 Å². The van der Waals surface area contributed by atoms with Gasteiger partial charge in [-0.25, -0.2) is 0 Å². The van der Waals surface area contributed by atoms with Gasteiger partial charge in [0.05, 0.1) is 12.5 Å². The summed E-state index contributed by atoms with van der Waals surface area (Å²) in [5.74, 6) is -0.0439. The lowest BCUT2D eigenvalue weighted by Gasteiger charge is -2.16. The summed E-state index contributed by atoms with van der Waals surface area (Å²) in [6, 6.07) is 23.8. The molecule has 3 rings (SSSR count). The first-order valence-corrected chi connectivity index (χ1v) is 10.2. The van der Waals surface area contributed by atoms with Crippen molar-refractivity contribution >= 4 is 34.4 Å². The van der Waals surface area contributed by atoms with Crippen LogP contribution in [0, 0.1) is 0 Å². The Bertz CT molecular complexity index is 937. The van der Waals surface area contributed by atoms with Crippen molar-refractivity contribution in [2.45, 2.75) is 24.3 Å². The fourth-order valence-electron chi connectivity index (χ4n) is 2.98. The van der Waals surface area contributed by atoms with E-state index in [1.165, 1.54) is 0 Å². The molecule has 0 aliphatic heterocycles. The zero-order valence-corrected chi connectivity index (χ0v) is 16.6. The number of thioether (sulfide) groups is 1. The summed E-state index contributed by atoms with van der Waals surface area (Å²) in [5.41, 5.74) is 1.04. The molecule has 0 saturated carbocycles. The van der Waals surface area contributed by atoms with Crippen LogP contribution in [0.15, 0.2) is 77.7 Å². The van der Waals surface area contributed by atoms with Crippen LogP contribution in [0.2, 0.25) is 0 Å². The third-order valence-electron chi connectivity index (χ3n) is 4.35. The normalized spacial score (nSPS) is 11.8. The second kappa shape index (κ2) is 9.95. The van der Waals surface area contributed by atoms with Gasteiger partial charge in [0, 0.05) is 10.6 Å². The van der Waals surface area contributed by atoms with Crippen molar-refractivity contribution in [3.8, 4) is 0 Å². The van der Waals surface area contributed by atoms with Crippen molar-refractivity contribution in [3.63, 3.8) is 0 Å². The Morgan fingerprint density at radius 1 is 0.964 bits per heavy atom. The predicted molar refractivity (Wildman–Crippen MR) is 113 cm³/mol. The molecule has 1 N–H and O–H groups in total. The molecule has 0 aromatic heterocycles. The maximum atomic E-state index is 12.2. The van der Waals surface area contributed by atoms with Crippen molar-refractivity contribution < 1.29 is 14.3 Å². The van der Waals surface area contributed by atoms with Gasteiger partial charge in [-0.2, -0.15) is 0 Å². The zero-order chi connectivity index (χ0) is 19.8. The van der Waals surface area contributed by atoms with E-state index in [0.29, 0.717) is 5.75 Å². The predicted octanol–water partition coefficient (Wildman–Crippen LogP) is 4.74. The number of rotatable bonds is 8. The van der Waals surface area contributed by atoms with Crippen LogP contribution in [0.5, 0.6) is 0 Å². The van der Waals surface area contributed by atoms with Crippen molar-refractivity contribution in [1.82, 2.24) is 5.32 Å². The van der Waals surface area contributed by atoms with Crippen LogP contribution in [-0.4, -0.2) is 24.2 Å². The fraction of sp³-hybridized carbons (Fsp3) is 0.217. The third kappa shape index (κ3) is 5.60. The molecule has 0 bridgehead atoms. The molecule has 0 aliphatic carbocycles. The highest BCUT2D eigenvalue weighted by molar-refractivity contribution is 7.99. The van der Waals surface area contributed by atoms with Gasteiger partial charge < -0.3 is 10.1 Å². The molecule has 1 amide bonds. The Kier molecular flexibility index (Phi) is 7.09. The number of amides is 1. The Hall–Kier alpha value is -2.79. The molecule has 0 heterocycles. The van der Waals surface area contributed by atoms with Gasteiger partial charge in [-0.15, -0.1) is 11.8 Å². The molecule has 0 fully saturated rings. The monoisotopic (exact) mass is 393 g/mol. The standard InChI is InChI=1S/C23H23NO3S/c1-17(20-13-7-9-18-8-5-6-12-21(18)20)24-22(25)16-27-23(26)14-15-28-19-10-3-2-4-11-19/h2-13,17H,14-16H2,1H3,(H,24,25)/t17-/m1/s1. The lowest BCUT2D eigenvalue weighted by molar-refractivity contribution is -0.148. The topological polar surface area (TPSA) is 55.4 Å². The third-order valence-corrected chi connectivity index (χ3v) is 5.36. The molecule has 0 aliphatic rings. The molecular weight excluding hydrogens is 370 g/mol. The van der Waals surface area contributed by atoms with Crippen LogP contribution in [-0.2, 0) is 14.3 Å². The van der Waals surface area contributed by atoms with E-state index < -0.39 is 0 Å². The van der Waals surface area contributed by atoms with Gasteiger partial charge in [-0.1, -0.05) is 60.7 Å². The van der Waals surface area contributed by atoms with Crippen LogP contribution >= 0.6 is 11.8 Å². The molecule has 3 aromatic carbocycles. The van der Waals surface area contributed by atoms with E-state index in [0.717, 1.165) is 21.2 Å². The lowest BCUT2D eigenvalue weighted by Crippen LogP contribution is -2.31. The summed E-state index contributed by atoms with van der Waals surface area (Å²) in [5, 5.41) is 5.14. The summed E-state index contributed by atoms with van der Waals surface area (Å²) in [4.78, 5) is 25.1. The Morgan fingerprint density at radius 2 is 1.68 bits per heavy atom. The van der Waals surface area contributed by atoms with Crippen molar-refractivity contribution in [1.29, 1.82) is 0 Å². The number of nitrogens with one attached hydrogen (secondary N) is 1. The fourth-order valence-corrected chi connectivity index (χ4v) is 3.83. The number of carbonyl (C=O) groups is 2. The average Bonchev–Trinajstić information content (AvgIpc) is 2.72. The van der Waals surface area contributed by atoms with E-state index in [1.54, 1.807) is 11.8 Å². The molecule has 0 unspecified atom stereocenters. The van der Waals surface area contributed by atoms with E-state index in [4.69, 9.17) is 4.74 Å². The second-order valence-corrected chi connectivity index (χ2v) is 7.60. The van der Waals surface area contributed by atoms with E-state index in [-0.39, 0.29) is 30.9 Å². The van der Waals surface area contributed by atoms with Gasteiger partial charge in [0.2, 0.25) is 0 Å². The van der Waals surface area contributed by atoms with Gasteiger partial charge in [0.15, 0.2) is 6.61 Å². The minimum Gasteiger partial charge on any atom is -0.456 e. The molecule has 0 radical (unpaired) electrons. The zero-order valence-electron chi connectivity index (χ0n) is 15.8. The second-order valence-electron chi connectivity index (χ2n) is 6.43. The molecule has 1 atom stereocenters. The van der Waals surface area contributed by atoms with Crippen LogP contribution in [0.1, 0.15) is 24.9 Å². The Balaban J connectivity index is 1.44. The quantitative estimate of drug-likeness (QED) is 0.443. The number of hydrogen-bond donors (Lipinski definition) is 1. The molecule has 3 aromatic rings. The molecule has 144 valence electrons. The van der Waals surface area contributed by atoms with Gasteiger partial charge in [-0.05, 0) is 35.4 Å². The van der Waals surface area contributed by atoms with E-state index in [1.807, 2.05) is 79.7 Å². The molecule has 4 nitrogen and oxygen atoms in total. The van der Waals surface area contributed by atoms with Crippen LogP contribution in [0.4, 0.5) is 0 Å².